The zero-order valence-electron chi connectivity index (χ0n) is 13.4. The van der Waals surface area contributed by atoms with Gasteiger partial charge in [-0.3, -0.25) is 14.4 Å². The van der Waals surface area contributed by atoms with Crippen LogP contribution in [0, 0.1) is 5.92 Å². The number of carboxylic acid groups (broad SMARTS) is 1. The molecule has 3 atom stereocenters. The summed E-state index contributed by atoms with van der Waals surface area (Å²) >= 11 is 0. The van der Waals surface area contributed by atoms with Gasteiger partial charge in [-0.25, -0.2) is 4.98 Å². The van der Waals surface area contributed by atoms with Gasteiger partial charge >= 0.3 is 5.97 Å². The van der Waals surface area contributed by atoms with Crippen LogP contribution < -0.4 is 16.4 Å². The minimum Gasteiger partial charge on any atom is -0.480 e. The van der Waals surface area contributed by atoms with Crippen LogP contribution >= 0.6 is 0 Å². The first-order valence-corrected chi connectivity index (χ1v) is 7.28. The Hall–Kier alpha value is -2.42. The van der Waals surface area contributed by atoms with Crippen LogP contribution in [0.5, 0.6) is 0 Å². The molecule has 3 unspecified atom stereocenters. The Morgan fingerprint density at radius 1 is 1.26 bits per heavy atom. The van der Waals surface area contributed by atoms with Crippen molar-refractivity contribution < 1.29 is 19.5 Å². The normalized spacial score (nSPS) is 14.8. The van der Waals surface area contributed by atoms with Crippen LogP contribution in [0.4, 0.5) is 0 Å². The Morgan fingerprint density at radius 2 is 1.91 bits per heavy atom. The van der Waals surface area contributed by atoms with E-state index in [2.05, 4.69) is 20.6 Å². The number of rotatable bonds is 8. The summed E-state index contributed by atoms with van der Waals surface area (Å²) in [5, 5.41) is 13.8. The number of amides is 2. The standard InChI is InChI=1S/C14H23N5O4/c1-7(2)11(15)13(21)19-10(4-9-5-16-6-17-9)12(20)18-8(3)14(22)23/h5-8,10-11H,4,15H2,1-3H3,(H,16,17)(H,18,20)(H,19,21)(H,22,23). The first kappa shape index (κ1) is 18.6. The molecule has 0 saturated carbocycles. The van der Waals surface area contributed by atoms with Gasteiger partial charge in [0, 0.05) is 18.3 Å². The highest BCUT2D eigenvalue weighted by atomic mass is 16.4. The van der Waals surface area contributed by atoms with E-state index in [1.165, 1.54) is 19.4 Å². The van der Waals surface area contributed by atoms with Crippen molar-refractivity contribution in [2.75, 3.05) is 0 Å². The van der Waals surface area contributed by atoms with Gasteiger partial charge in [-0.1, -0.05) is 13.8 Å². The molecular formula is C14H23N5O4. The third-order valence-electron chi connectivity index (χ3n) is 3.36. The number of carbonyl (C=O) groups excluding carboxylic acids is 2. The lowest BCUT2D eigenvalue weighted by atomic mass is 10.0. The maximum absolute atomic E-state index is 12.2. The summed E-state index contributed by atoms with van der Waals surface area (Å²) in [6, 6.07) is -2.78. The number of nitrogens with two attached hydrogens (primary N) is 1. The van der Waals surface area contributed by atoms with Crippen LogP contribution in [0.1, 0.15) is 26.5 Å². The number of hydrogen-bond acceptors (Lipinski definition) is 5. The predicted molar refractivity (Wildman–Crippen MR) is 82.3 cm³/mol. The molecule has 9 nitrogen and oxygen atoms in total. The molecule has 0 fully saturated rings. The minimum absolute atomic E-state index is 0.0937. The van der Waals surface area contributed by atoms with Crippen LogP contribution in [-0.4, -0.2) is 51.0 Å². The highest BCUT2D eigenvalue weighted by Gasteiger charge is 2.27. The molecule has 23 heavy (non-hydrogen) atoms. The summed E-state index contributed by atoms with van der Waals surface area (Å²) in [4.78, 5) is 41.9. The first-order chi connectivity index (χ1) is 10.7. The van der Waals surface area contributed by atoms with Crippen LogP contribution in [-0.2, 0) is 20.8 Å². The van der Waals surface area contributed by atoms with Crippen molar-refractivity contribution >= 4 is 17.8 Å². The zero-order valence-corrected chi connectivity index (χ0v) is 13.4. The fraction of sp³-hybridized carbons (Fsp3) is 0.571. The van der Waals surface area contributed by atoms with Crippen LogP contribution in [0.25, 0.3) is 0 Å². The second-order valence-corrected chi connectivity index (χ2v) is 5.68. The van der Waals surface area contributed by atoms with E-state index in [0.717, 1.165) is 0 Å². The summed E-state index contributed by atoms with van der Waals surface area (Å²) in [7, 11) is 0. The first-order valence-electron chi connectivity index (χ1n) is 7.28. The van der Waals surface area contributed by atoms with Gasteiger partial charge in [-0.15, -0.1) is 0 Å². The summed E-state index contributed by atoms with van der Waals surface area (Å²) in [5.41, 5.74) is 6.40. The Kier molecular flexibility index (Phi) is 6.70. The molecular weight excluding hydrogens is 302 g/mol. The van der Waals surface area contributed by atoms with Crippen molar-refractivity contribution in [3.8, 4) is 0 Å². The molecule has 9 heteroatoms. The largest absolute Gasteiger partial charge is 0.480 e. The Labute approximate surface area is 134 Å². The van der Waals surface area contributed by atoms with Gasteiger partial charge in [0.25, 0.3) is 0 Å². The van der Waals surface area contributed by atoms with Gasteiger partial charge in [0.05, 0.1) is 12.4 Å². The van der Waals surface area contributed by atoms with E-state index in [1.54, 1.807) is 13.8 Å². The molecule has 0 bridgehead atoms. The van der Waals surface area contributed by atoms with Gasteiger partial charge in [0.2, 0.25) is 11.8 Å². The van der Waals surface area contributed by atoms with Crippen molar-refractivity contribution in [2.24, 2.45) is 11.7 Å². The number of hydrogen-bond donors (Lipinski definition) is 5. The summed E-state index contributed by atoms with van der Waals surface area (Å²) in [6.07, 6.45) is 3.12. The Bertz CT molecular complexity index is 543. The van der Waals surface area contributed by atoms with Gasteiger partial charge in [0.1, 0.15) is 12.1 Å². The molecule has 2 amide bonds. The number of carboxylic acids is 1. The van der Waals surface area contributed by atoms with E-state index in [4.69, 9.17) is 10.8 Å². The molecule has 0 radical (unpaired) electrons. The molecule has 1 rings (SSSR count). The minimum atomic E-state index is -1.16. The van der Waals surface area contributed by atoms with Gasteiger partial charge < -0.3 is 26.5 Å². The number of H-pyrrole nitrogens is 1. The van der Waals surface area contributed by atoms with Crippen molar-refractivity contribution in [3.05, 3.63) is 18.2 Å². The monoisotopic (exact) mass is 325 g/mol. The number of carbonyl (C=O) groups is 3. The van der Waals surface area contributed by atoms with Crippen molar-refractivity contribution in [1.82, 2.24) is 20.6 Å². The lowest BCUT2D eigenvalue weighted by Gasteiger charge is -2.22. The number of nitrogens with one attached hydrogen (secondary N) is 3. The van der Waals surface area contributed by atoms with E-state index in [0.29, 0.717) is 5.69 Å². The molecule has 1 aromatic heterocycles. The van der Waals surface area contributed by atoms with Crippen molar-refractivity contribution in [2.45, 2.75) is 45.3 Å². The molecule has 6 N–H and O–H groups in total. The average molecular weight is 325 g/mol. The van der Waals surface area contributed by atoms with Gasteiger partial charge in [0.15, 0.2) is 0 Å². The maximum Gasteiger partial charge on any atom is 0.325 e. The van der Waals surface area contributed by atoms with Crippen LogP contribution in [0.3, 0.4) is 0 Å². The molecule has 1 aromatic rings. The number of nitrogens with zero attached hydrogens (tertiary/aromatic N) is 1. The van der Waals surface area contributed by atoms with E-state index in [1.807, 2.05) is 0 Å². The Morgan fingerprint density at radius 3 is 2.39 bits per heavy atom. The highest BCUT2D eigenvalue weighted by Crippen LogP contribution is 2.03. The quantitative estimate of drug-likeness (QED) is 0.414. The SMILES string of the molecule is CC(NC(=O)C(Cc1cnc[nH]1)NC(=O)C(N)C(C)C)C(=O)O. The van der Waals surface area contributed by atoms with E-state index < -0.39 is 35.9 Å². The molecule has 0 aliphatic heterocycles. The van der Waals surface area contributed by atoms with Crippen LogP contribution in [0.2, 0.25) is 0 Å². The number of imidazole rings is 1. The maximum atomic E-state index is 12.2. The third-order valence-corrected chi connectivity index (χ3v) is 3.36. The van der Waals surface area contributed by atoms with Crippen molar-refractivity contribution in [3.63, 3.8) is 0 Å². The fourth-order valence-corrected chi connectivity index (χ4v) is 1.77. The van der Waals surface area contributed by atoms with Crippen molar-refractivity contribution in [1.29, 1.82) is 0 Å². The number of aromatic amines is 1. The molecule has 0 spiro atoms. The van der Waals surface area contributed by atoms with E-state index >= 15 is 0 Å². The topological polar surface area (TPSA) is 150 Å². The average Bonchev–Trinajstić information content (AvgIpc) is 2.98. The molecule has 128 valence electrons. The molecule has 0 aromatic carbocycles. The molecule has 0 saturated heterocycles. The van der Waals surface area contributed by atoms with E-state index in [9.17, 15) is 14.4 Å². The Balaban J connectivity index is 2.82. The predicted octanol–water partition coefficient (Wildman–Crippen LogP) is -0.990. The third kappa shape index (κ3) is 5.70. The van der Waals surface area contributed by atoms with E-state index in [-0.39, 0.29) is 12.3 Å². The highest BCUT2D eigenvalue weighted by molar-refractivity contribution is 5.91. The number of aromatic nitrogens is 2. The second kappa shape index (κ2) is 8.28. The fourth-order valence-electron chi connectivity index (χ4n) is 1.77. The summed E-state index contributed by atoms with van der Waals surface area (Å²) < 4.78 is 0. The lowest BCUT2D eigenvalue weighted by Crippen LogP contribution is -2.55. The van der Waals surface area contributed by atoms with Gasteiger partial charge in [-0.2, -0.15) is 0 Å². The van der Waals surface area contributed by atoms with Crippen LogP contribution in [0.15, 0.2) is 12.5 Å². The second-order valence-electron chi connectivity index (χ2n) is 5.68. The summed E-state index contributed by atoms with van der Waals surface area (Å²) in [5.74, 6) is -2.32. The number of aliphatic carboxylic acids is 1. The smallest absolute Gasteiger partial charge is 0.325 e. The molecule has 0 aliphatic rings. The summed E-state index contributed by atoms with van der Waals surface area (Å²) in [6.45, 7) is 4.93. The molecule has 1 heterocycles. The lowest BCUT2D eigenvalue weighted by molar-refractivity contribution is -0.141. The molecule has 0 aliphatic carbocycles. The van der Waals surface area contributed by atoms with Gasteiger partial charge in [-0.05, 0) is 12.8 Å². The zero-order chi connectivity index (χ0) is 17.6.